The molecule has 1 N–H and O–H groups in total. The molecule has 0 radical (unpaired) electrons. The van der Waals surface area contributed by atoms with Crippen molar-refractivity contribution in [2.45, 2.75) is 30.2 Å². The average Bonchev–Trinajstić information content (AvgIpc) is 2.59. The van der Waals surface area contributed by atoms with Gasteiger partial charge < -0.3 is 0 Å². The van der Waals surface area contributed by atoms with Crippen molar-refractivity contribution in [3.05, 3.63) is 12.3 Å². The van der Waals surface area contributed by atoms with Gasteiger partial charge in [-0.15, -0.1) is 11.6 Å². The maximum absolute atomic E-state index is 11.8. The molecule has 0 fully saturated rings. The van der Waals surface area contributed by atoms with E-state index in [1.54, 1.807) is 7.05 Å². The quantitative estimate of drug-likeness (QED) is 0.619. The lowest BCUT2D eigenvalue weighted by atomic mass is 10.2. The summed E-state index contributed by atoms with van der Waals surface area (Å²) < 4.78 is 27.3. The van der Waals surface area contributed by atoms with Crippen molar-refractivity contribution in [1.29, 1.82) is 0 Å². The van der Waals surface area contributed by atoms with E-state index in [0.29, 0.717) is 6.54 Å². The van der Waals surface area contributed by atoms with Gasteiger partial charge in [-0.1, -0.05) is 0 Å². The van der Waals surface area contributed by atoms with Crippen LogP contribution in [-0.4, -0.2) is 30.1 Å². The summed E-state index contributed by atoms with van der Waals surface area (Å²) in [6, 6.07) is 1.46. The lowest BCUT2D eigenvalue weighted by Gasteiger charge is -2.07. The molecule has 0 aliphatic carbocycles. The molecule has 0 spiro atoms. The standard InChI is InChI=1S/C9H16ClN3O2S/c1-8(10)4-3-6-12-16(14,15)9-5-7-11-13(9)2/h5,7-8,12H,3-4,6H2,1-2H3. The van der Waals surface area contributed by atoms with Crippen LogP contribution in [0.15, 0.2) is 17.3 Å². The van der Waals surface area contributed by atoms with Gasteiger partial charge in [0.05, 0.1) is 6.20 Å². The van der Waals surface area contributed by atoms with Crippen LogP contribution >= 0.6 is 11.6 Å². The van der Waals surface area contributed by atoms with E-state index < -0.39 is 10.0 Å². The number of hydrogen-bond donors (Lipinski definition) is 1. The second-order valence-corrected chi connectivity index (χ2v) is 6.07. The van der Waals surface area contributed by atoms with Gasteiger partial charge in [-0.25, -0.2) is 13.1 Å². The Morgan fingerprint density at radius 3 is 2.81 bits per heavy atom. The predicted octanol–water partition coefficient (Wildman–Crippen LogP) is 1.11. The van der Waals surface area contributed by atoms with Crippen LogP contribution in [0, 0.1) is 0 Å². The molecule has 0 aliphatic heterocycles. The number of aryl methyl sites for hydroxylation is 1. The van der Waals surface area contributed by atoms with E-state index in [2.05, 4.69) is 9.82 Å². The predicted molar refractivity (Wildman–Crippen MR) is 62.9 cm³/mol. The molecule has 0 aliphatic rings. The highest BCUT2D eigenvalue weighted by Gasteiger charge is 2.16. The summed E-state index contributed by atoms with van der Waals surface area (Å²) in [6.07, 6.45) is 2.96. The van der Waals surface area contributed by atoms with Crippen LogP contribution < -0.4 is 4.72 Å². The third kappa shape index (κ3) is 3.77. The van der Waals surface area contributed by atoms with Gasteiger partial charge in [0, 0.05) is 19.0 Å². The van der Waals surface area contributed by atoms with Crippen LogP contribution in [0.1, 0.15) is 19.8 Å². The lowest BCUT2D eigenvalue weighted by molar-refractivity contribution is 0.559. The summed E-state index contributed by atoms with van der Waals surface area (Å²) in [4.78, 5) is 0. The Balaban J connectivity index is 2.51. The topological polar surface area (TPSA) is 64.0 Å². The minimum Gasteiger partial charge on any atom is -0.256 e. The van der Waals surface area contributed by atoms with Crippen molar-refractivity contribution >= 4 is 21.6 Å². The molecule has 16 heavy (non-hydrogen) atoms. The first-order valence-electron chi connectivity index (χ1n) is 5.05. The maximum Gasteiger partial charge on any atom is 0.257 e. The van der Waals surface area contributed by atoms with Crippen molar-refractivity contribution in [3.63, 3.8) is 0 Å². The second-order valence-electron chi connectivity index (χ2n) is 3.61. The fourth-order valence-corrected chi connectivity index (χ4v) is 2.64. The first-order valence-corrected chi connectivity index (χ1v) is 6.97. The molecule has 1 aromatic rings. The first kappa shape index (κ1) is 13.5. The van der Waals surface area contributed by atoms with Crippen molar-refractivity contribution in [1.82, 2.24) is 14.5 Å². The SMILES string of the molecule is CC(Cl)CCCNS(=O)(=O)c1ccnn1C. The number of aromatic nitrogens is 2. The number of hydrogen-bond acceptors (Lipinski definition) is 3. The minimum absolute atomic E-state index is 0.0706. The van der Waals surface area contributed by atoms with E-state index in [4.69, 9.17) is 11.6 Å². The molecular weight excluding hydrogens is 250 g/mol. The number of halogens is 1. The van der Waals surface area contributed by atoms with Crippen LogP contribution in [0.5, 0.6) is 0 Å². The van der Waals surface area contributed by atoms with Gasteiger partial charge >= 0.3 is 0 Å². The van der Waals surface area contributed by atoms with Crippen molar-refractivity contribution in [2.75, 3.05) is 6.54 Å². The Morgan fingerprint density at radius 2 is 2.31 bits per heavy atom. The number of nitrogens with one attached hydrogen (secondary N) is 1. The molecule has 0 bridgehead atoms. The first-order chi connectivity index (χ1) is 7.43. The third-order valence-electron chi connectivity index (χ3n) is 2.12. The molecular formula is C9H16ClN3O2S. The Kier molecular flexibility index (Phi) is 4.76. The summed E-state index contributed by atoms with van der Waals surface area (Å²) in [6.45, 7) is 2.28. The largest absolute Gasteiger partial charge is 0.257 e. The van der Waals surface area contributed by atoms with Crippen LogP contribution in [0.2, 0.25) is 0 Å². The molecule has 1 aromatic heterocycles. The Labute approximate surface area is 101 Å². The Hall–Kier alpha value is -0.590. The minimum atomic E-state index is -3.44. The van der Waals surface area contributed by atoms with Crippen molar-refractivity contribution in [2.24, 2.45) is 7.05 Å². The zero-order chi connectivity index (χ0) is 12.2. The molecule has 92 valence electrons. The summed E-state index contributed by atoms with van der Waals surface area (Å²) in [7, 11) is -1.85. The number of rotatable bonds is 6. The van der Waals surface area contributed by atoms with E-state index in [9.17, 15) is 8.42 Å². The lowest BCUT2D eigenvalue weighted by Crippen LogP contribution is -2.27. The van der Waals surface area contributed by atoms with Gasteiger partial charge in [0.2, 0.25) is 0 Å². The number of alkyl halides is 1. The highest BCUT2D eigenvalue weighted by molar-refractivity contribution is 7.89. The molecule has 7 heteroatoms. The highest BCUT2D eigenvalue weighted by Crippen LogP contribution is 2.07. The van der Waals surface area contributed by atoms with E-state index >= 15 is 0 Å². The van der Waals surface area contributed by atoms with Gasteiger partial charge in [-0.3, -0.25) is 4.68 Å². The summed E-state index contributed by atoms with van der Waals surface area (Å²) in [5, 5.41) is 4.06. The van der Waals surface area contributed by atoms with Gasteiger partial charge in [-0.05, 0) is 25.8 Å². The molecule has 1 atom stereocenters. The second kappa shape index (κ2) is 5.65. The monoisotopic (exact) mass is 265 g/mol. The van der Waals surface area contributed by atoms with Gasteiger partial charge in [0.15, 0.2) is 5.03 Å². The van der Waals surface area contributed by atoms with Crippen molar-refractivity contribution in [3.8, 4) is 0 Å². The molecule has 1 unspecified atom stereocenters. The summed E-state index contributed by atoms with van der Waals surface area (Å²) in [5.41, 5.74) is 0. The molecule has 5 nitrogen and oxygen atoms in total. The fourth-order valence-electron chi connectivity index (χ4n) is 1.29. The van der Waals surface area contributed by atoms with E-state index in [1.165, 1.54) is 16.9 Å². The summed E-state index contributed by atoms with van der Waals surface area (Å²) >= 11 is 5.76. The smallest absolute Gasteiger partial charge is 0.256 e. The Morgan fingerprint density at radius 1 is 1.62 bits per heavy atom. The van der Waals surface area contributed by atoms with Gasteiger partial charge in [0.1, 0.15) is 0 Å². The normalized spacial score (nSPS) is 13.9. The summed E-state index contributed by atoms with van der Waals surface area (Å²) in [5.74, 6) is 0. The molecule has 1 heterocycles. The zero-order valence-corrected chi connectivity index (χ0v) is 10.9. The Bertz CT molecular complexity index is 428. The zero-order valence-electron chi connectivity index (χ0n) is 9.35. The molecule has 0 amide bonds. The van der Waals surface area contributed by atoms with E-state index in [-0.39, 0.29) is 10.4 Å². The van der Waals surface area contributed by atoms with Gasteiger partial charge in [0.25, 0.3) is 10.0 Å². The van der Waals surface area contributed by atoms with Crippen LogP contribution in [-0.2, 0) is 17.1 Å². The molecule has 1 rings (SSSR count). The van der Waals surface area contributed by atoms with E-state index in [0.717, 1.165) is 12.8 Å². The van der Waals surface area contributed by atoms with E-state index in [1.807, 2.05) is 6.92 Å². The molecule has 0 aromatic carbocycles. The fraction of sp³-hybridized carbons (Fsp3) is 0.667. The number of nitrogens with zero attached hydrogens (tertiary/aromatic N) is 2. The maximum atomic E-state index is 11.8. The molecule has 0 saturated heterocycles. The highest BCUT2D eigenvalue weighted by atomic mass is 35.5. The average molecular weight is 266 g/mol. The van der Waals surface area contributed by atoms with Crippen LogP contribution in [0.4, 0.5) is 0 Å². The number of sulfonamides is 1. The molecule has 0 saturated carbocycles. The van der Waals surface area contributed by atoms with Gasteiger partial charge in [-0.2, -0.15) is 5.10 Å². The van der Waals surface area contributed by atoms with Crippen LogP contribution in [0.3, 0.4) is 0 Å². The van der Waals surface area contributed by atoms with Crippen molar-refractivity contribution < 1.29 is 8.42 Å². The van der Waals surface area contributed by atoms with Crippen LogP contribution in [0.25, 0.3) is 0 Å². The third-order valence-corrected chi connectivity index (χ3v) is 3.88.